The van der Waals surface area contributed by atoms with Crippen molar-refractivity contribution in [3.63, 3.8) is 0 Å². The number of aromatic nitrogens is 3. The van der Waals surface area contributed by atoms with Crippen LogP contribution < -0.4 is 0 Å². The lowest BCUT2D eigenvalue weighted by atomic mass is 10.1. The second-order valence-electron chi connectivity index (χ2n) is 8.62. The number of aryl methyl sites for hydroxylation is 1. The van der Waals surface area contributed by atoms with Crippen molar-refractivity contribution in [2.24, 2.45) is 0 Å². The third kappa shape index (κ3) is 3.13. The van der Waals surface area contributed by atoms with Crippen LogP contribution in [0, 0.1) is 0 Å². The molecule has 0 radical (unpaired) electrons. The first-order valence-corrected chi connectivity index (χ1v) is 10.8. The van der Waals surface area contributed by atoms with Gasteiger partial charge in [0.1, 0.15) is 5.69 Å². The van der Waals surface area contributed by atoms with Crippen LogP contribution in [0.4, 0.5) is 0 Å². The fourth-order valence-electron chi connectivity index (χ4n) is 4.55. The first kappa shape index (κ1) is 19.8. The molecule has 1 fully saturated rings. The molecule has 1 aromatic carbocycles. The quantitative estimate of drug-likeness (QED) is 0.660. The Bertz CT molecular complexity index is 1170. The minimum atomic E-state index is -0.447. The van der Waals surface area contributed by atoms with Gasteiger partial charge in [0, 0.05) is 24.5 Å². The van der Waals surface area contributed by atoms with Gasteiger partial charge in [0.15, 0.2) is 0 Å². The lowest BCUT2D eigenvalue weighted by molar-refractivity contribution is 0.0608. The van der Waals surface area contributed by atoms with Crippen LogP contribution in [0.2, 0.25) is 0 Å². The van der Waals surface area contributed by atoms with Crippen LogP contribution >= 0.6 is 0 Å². The van der Waals surface area contributed by atoms with E-state index in [1.165, 1.54) is 5.56 Å². The molecule has 0 unspecified atom stereocenters. The molecule has 31 heavy (non-hydrogen) atoms. The Morgan fingerprint density at radius 2 is 2.10 bits per heavy atom. The molecular formula is C23H27N5O3. The van der Waals surface area contributed by atoms with Crippen molar-refractivity contribution >= 4 is 22.7 Å². The van der Waals surface area contributed by atoms with E-state index < -0.39 is 5.54 Å². The summed E-state index contributed by atoms with van der Waals surface area (Å²) in [7, 11) is 1.73. The second-order valence-corrected chi connectivity index (χ2v) is 8.62. The maximum Gasteiger partial charge on any atom is 0.270 e. The Hall–Kier alpha value is -3.13. The molecule has 2 amide bonds. The van der Waals surface area contributed by atoms with E-state index in [0.717, 1.165) is 35.9 Å². The van der Waals surface area contributed by atoms with Crippen molar-refractivity contribution in [1.29, 1.82) is 0 Å². The highest BCUT2D eigenvalue weighted by Gasteiger charge is 2.48. The maximum atomic E-state index is 13.3. The molecule has 3 aromatic rings. The molecule has 8 heteroatoms. The standard InChI is InChI=1S/C23H27N5O3/c1-3-15-5-4-6-18-16(15)11-19(25-18)22(31)27-9-10-28-20(13-27)17(12-24-28)21(30)26(2)23(14-29)7-8-23/h4-6,11-12,25,29H,3,7-10,13-14H2,1-2H3. The van der Waals surface area contributed by atoms with Crippen molar-refractivity contribution < 1.29 is 14.7 Å². The highest BCUT2D eigenvalue weighted by atomic mass is 16.3. The van der Waals surface area contributed by atoms with Crippen LogP contribution in [-0.4, -0.2) is 67.2 Å². The summed E-state index contributed by atoms with van der Waals surface area (Å²) in [5, 5.41) is 15.1. The molecule has 162 valence electrons. The third-order valence-electron chi connectivity index (χ3n) is 6.89. The second kappa shape index (κ2) is 7.23. The monoisotopic (exact) mass is 421 g/mol. The van der Waals surface area contributed by atoms with Gasteiger partial charge in [-0.2, -0.15) is 5.10 Å². The molecule has 0 bridgehead atoms. The molecule has 1 saturated carbocycles. The van der Waals surface area contributed by atoms with E-state index >= 15 is 0 Å². The highest BCUT2D eigenvalue weighted by Crippen LogP contribution is 2.41. The first-order valence-electron chi connectivity index (χ1n) is 10.8. The van der Waals surface area contributed by atoms with Crippen molar-refractivity contribution in [3.8, 4) is 0 Å². The molecule has 0 saturated heterocycles. The number of nitrogens with one attached hydrogen (secondary N) is 1. The van der Waals surface area contributed by atoms with E-state index in [1.54, 1.807) is 23.0 Å². The Morgan fingerprint density at radius 3 is 2.81 bits per heavy atom. The molecule has 2 N–H and O–H groups in total. The number of rotatable bonds is 5. The molecule has 3 heterocycles. The average Bonchev–Trinajstić information content (AvgIpc) is 3.29. The zero-order chi connectivity index (χ0) is 21.8. The largest absolute Gasteiger partial charge is 0.394 e. The predicted octanol–water partition coefficient (Wildman–Crippen LogP) is 2.18. The van der Waals surface area contributed by atoms with Crippen LogP contribution in [0.5, 0.6) is 0 Å². The lowest BCUT2D eigenvalue weighted by Crippen LogP contribution is -2.43. The molecule has 5 rings (SSSR count). The molecule has 1 aliphatic heterocycles. The molecule has 8 nitrogen and oxygen atoms in total. The normalized spacial score (nSPS) is 16.9. The van der Waals surface area contributed by atoms with Gasteiger partial charge in [0.25, 0.3) is 11.8 Å². The zero-order valence-electron chi connectivity index (χ0n) is 17.9. The zero-order valence-corrected chi connectivity index (χ0v) is 17.9. The molecule has 2 aliphatic rings. The number of likely N-dealkylation sites (N-methyl/N-ethyl adjacent to an activating group) is 1. The first-order chi connectivity index (χ1) is 15.0. The van der Waals surface area contributed by atoms with Gasteiger partial charge >= 0.3 is 0 Å². The van der Waals surface area contributed by atoms with E-state index in [9.17, 15) is 14.7 Å². The average molecular weight is 422 g/mol. The fourth-order valence-corrected chi connectivity index (χ4v) is 4.55. The minimum absolute atomic E-state index is 0.0382. The van der Waals surface area contributed by atoms with Gasteiger partial charge in [-0.1, -0.05) is 19.1 Å². The smallest absolute Gasteiger partial charge is 0.270 e. The van der Waals surface area contributed by atoms with Crippen LogP contribution in [0.1, 0.15) is 51.9 Å². The molecular weight excluding hydrogens is 394 g/mol. The number of nitrogens with zero attached hydrogens (tertiary/aromatic N) is 4. The predicted molar refractivity (Wildman–Crippen MR) is 116 cm³/mol. The lowest BCUT2D eigenvalue weighted by Gasteiger charge is -2.30. The van der Waals surface area contributed by atoms with Gasteiger partial charge in [-0.25, -0.2) is 0 Å². The van der Waals surface area contributed by atoms with Gasteiger partial charge in [0.05, 0.1) is 42.7 Å². The van der Waals surface area contributed by atoms with E-state index in [0.29, 0.717) is 30.9 Å². The van der Waals surface area contributed by atoms with Crippen LogP contribution in [0.3, 0.4) is 0 Å². The van der Waals surface area contributed by atoms with Gasteiger partial charge in [-0.05, 0) is 37.0 Å². The number of carbonyl (C=O) groups is 2. The van der Waals surface area contributed by atoms with Crippen molar-refractivity contribution in [3.05, 3.63) is 53.0 Å². The summed E-state index contributed by atoms with van der Waals surface area (Å²) in [6, 6.07) is 7.99. The number of aromatic amines is 1. The molecule has 1 aliphatic carbocycles. The number of aliphatic hydroxyl groups excluding tert-OH is 1. The summed E-state index contributed by atoms with van der Waals surface area (Å²) in [5.74, 6) is -0.230. The van der Waals surface area contributed by atoms with E-state index in [2.05, 4.69) is 23.1 Å². The van der Waals surface area contributed by atoms with Crippen molar-refractivity contribution in [2.75, 3.05) is 20.2 Å². The Morgan fingerprint density at radius 1 is 1.29 bits per heavy atom. The van der Waals surface area contributed by atoms with Crippen LogP contribution in [0.25, 0.3) is 10.9 Å². The number of hydrogen-bond acceptors (Lipinski definition) is 4. The number of amides is 2. The van der Waals surface area contributed by atoms with Crippen molar-refractivity contribution in [2.45, 2.75) is 44.8 Å². The van der Waals surface area contributed by atoms with Gasteiger partial charge in [0.2, 0.25) is 0 Å². The van der Waals surface area contributed by atoms with E-state index in [-0.39, 0.29) is 18.4 Å². The summed E-state index contributed by atoms with van der Waals surface area (Å²) < 4.78 is 1.81. The minimum Gasteiger partial charge on any atom is -0.394 e. The van der Waals surface area contributed by atoms with Crippen molar-refractivity contribution in [1.82, 2.24) is 24.6 Å². The van der Waals surface area contributed by atoms with Crippen LogP contribution in [0.15, 0.2) is 30.5 Å². The topological polar surface area (TPSA) is 94.5 Å². The van der Waals surface area contributed by atoms with Gasteiger partial charge in [-0.3, -0.25) is 14.3 Å². The number of hydrogen-bond donors (Lipinski definition) is 2. The third-order valence-corrected chi connectivity index (χ3v) is 6.89. The number of H-pyrrole nitrogens is 1. The number of carbonyl (C=O) groups excluding carboxylic acids is 2. The summed E-state index contributed by atoms with van der Waals surface area (Å²) in [6.45, 7) is 3.48. The summed E-state index contributed by atoms with van der Waals surface area (Å²) in [4.78, 5) is 33.0. The maximum absolute atomic E-state index is 13.3. The van der Waals surface area contributed by atoms with Gasteiger partial charge in [-0.15, -0.1) is 0 Å². The summed E-state index contributed by atoms with van der Waals surface area (Å²) in [5.41, 5.74) is 3.53. The fraction of sp³-hybridized carbons (Fsp3) is 0.435. The van der Waals surface area contributed by atoms with E-state index in [1.807, 2.05) is 22.9 Å². The summed E-state index contributed by atoms with van der Waals surface area (Å²) in [6.07, 6.45) is 4.10. The molecule has 0 spiro atoms. The SMILES string of the molecule is CCc1cccc2[nH]c(C(=O)N3CCn4ncc(C(=O)N(C)C5(CO)CC5)c4C3)cc12. The number of benzene rings is 1. The summed E-state index contributed by atoms with van der Waals surface area (Å²) >= 11 is 0. The molecule has 0 atom stereocenters. The van der Waals surface area contributed by atoms with Crippen LogP contribution in [-0.2, 0) is 19.5 Å². The van der Waals surface area contributed by atoms with E-state index in [4.69, 9.17) is 0 Å². The highest BCUT2D eigenvalue weighted by molar-refractivity contribution is 5.99. The Kier molecular flexibility index (Phi) is 4.62. The number of fused-ring (bicyclic) bond motifs is 2. The number of aliphatic hydroxyl groups is 1. The Balaban J connectivity index is 1.40. The Labute approximate surface area is 180 Å². The molecule has 2 aromatic heterocycles. The van der Waals surface area contributed by atoms with Gasteiger partial charge < -0.3 is 19.9 Å².